The van der Waals surface area contributed by atoms with Crippen LogP contribution in [0, 0.1) is 18.2 Å². The zero-order chi connectivity index (χ0) is 14.1. The molecule has 0 aliphatic carbocycles. The average molecular weight is 338 g/mol. The molecule has 0 unspecified atom stereocenters. The lowest BCUT2D eigenvalue weighted by Gasteiger charge is -2.19. The number of sulfonamides is 1. The zero-order valence-corrected chi connectivity index (χ0v) is 13.2. The molecule has 0 saturated heterocycles. The van der Waals surface area contributed by atoms with Crippen molar-refractivity contribution in [2.24, 2.45) is 5.41 Å². The van der Waals surface area contributed by atoms with E-state index in [0.717, 1.165) is 0 Å². The molecule has 0 fully saturated rings. The molecule has 18 heavy (non-hydrogen) atoms. The summed E-state index contributed by atoms with van der Waals surface area (Å²) in [6, 6.07) is 2.73. The van der Waals surface area contributed by atoms with Crippen molar-refractivity contribution >= 4 is 31.6 Å². The van der Waals surface area contributed by atoms with Gasteiger partial charge in [0.15, 0.2) is 0 Å². The van der Waals surface area contributed by atoms with Crippen molar-refractivity contribution in [3.8, 4) is 0 Å². The van der Waals surface area contributed by atoms with Crippen molar-refractivity contribution in [2.75, 3.05) is 10.5 Å². The second-order valence-corrected chi connectivity index (χ2v) is 8.08. The average Bonchev–Trinajstić information content (AvgIpc) is 2.09. The van der Waals surface area contributed by atoms with Crippen molar-refractivity contribution in [3.63, 3.8) is 0 Å². The molecular formula is C12H17BrFNO2S. The smallest absolute Gasteiger partial charge is 0.233 e. The molecule has 0 aromatic heterocycles. The van der Waals surface area contributed by atoms with Crippen molar-refractivity contribution in [3.05, 3.63) is 28.0 Å². The highest BCUT2D eigenvalue weighted by molar-refractivity contribution is 9.10. The van der Waals surface area contributed by atoms with Gasteiger partial charge >= 0.3 is 0 Å². The molecule has 0 bridgehead atoms. The van der Waals surface area contributed by atoms with E-state index in [4.69, 9.17) is 0 Å². The fourth-order valence-electron chi connectivity index (χ4n) is 1.53. The summed E-state index contributed by atoms with van der Waals surface area (Å²) in [5.74, 6) is -0.508. The molecule has 3 nitrogen and oxygen atoms in total. The van der Waals surface area contributed by atoms with E-state index in [2.05, 4.69) is 20.7 Å². The van der Waals surface area contributed by atoms with Gasteiger partial charge in [-0.2, -0.15) is 0 Å². The highest BCUT2D eigenvalue weighted by atomic mass is 79.9. The minimum Gasteiger partial charge on any atom is -0.283 e. The van der Waals surface area contributed by atoms with Crippen LogP contribution in [-0.2, 0) is 10.0 Å². The minimum atomic E-state index is -3.48. The number of nitrogens with one attached hydrogen (secondary N) is 1. The summed E-state index contributed by atoms with van der Waals surface area (Å²) in [7, 11) is -3.48. The summed E-state index contributed by atoms with van der Waals surface area (Å²) >= 11 is 3.06. The van der Waals surface area contributed by atoms with Gasteiger partial charge in [-0.05, 0) is 46.0 Å². The molecule has 0 spiro atoms. The summed E-state index contributed by atoms with van der Waals surface area (Å²) in [5.41, 5.74) is 0.592. The van der Waals surface area contributed by atoms with E-state index in [1.807, 2.05) is 20.8 Å². The number of halogens is 2. The Bertz CT molecular complexity index is 550. The van der Waals surface area contributed by atoms with Crippen molar-refractivity contribution in [1.29, 1.82) is 0 Å². The summed E-state index contributed by atoms with van der Waals surface area (Å²) in [4.78, 5) is 0. The second kappa shape index (κ2) is 5.17. The van der Waals surface area contributed by atoms with Crippen LogP contribution in [0.1, 0.15) is 26.3 Å². The van der Waals surface area contributed by atoms with Gasteiger partial charge in [0.1, 0.15) is 5.82 Å². The Morgan fingerprint density at radius 2 is 1.89 bits per heavy atom. The Morgan fingerprint density at radius 3 is 2.39 bits per heavy atom. The quantitative estimate of drug-likeness (QED) is 0.914. The lowest BCUT2D eigenvalue weighted by atomic mass is 10.0. The number of hydrogen-bond donors (Lipinski definition) is 1. The largest absolute Gasteiger partial charge is 0.283 e. The van der Waals surface area contributed by atoms with E-state index >= 15 is 0 Å². The molecule has 0 aliphatic heterocycles. The fourth-order valence-corrected chi connectivity index (χ4v) is 3.76. The molecule has 0 amide bonds. The van der Waals surface area contributed by atoms with E-state index in [9.17, 15) is 12.8 Å². The third-order valence-corrected chi connectivity index (χ3v) is 4.54. The first-order valence-corrected chi connectivity index (χ1v) is 7.91. The summed E-state index contributed by atoms with van der Waals surface area (Å²) in [5, 5.41) is 0. The van der Waals surface area contributed by atoms with Gasteiger partial charge in [-0.1, -0.05) is 20.8 Å². The maximum atomic E-state index is 13.4. The van der Waals surface area contributed by atoms with E-state index in [1.165, 1.54) is 6.07 Å². The third kappa shape index (κ3) is 4.57. The number of aryl methyl sites for hydroxylation is 1. The molecule has 0 atom stereocenters. The van der Waals surface area contributed by atoms with E-state index in [1.54, 1.807) is 13.0 Å². The molecule has 1 aromatic carbocycles. The lowest BCUT2D eigenvalue weighted by molar-refractivity contribution is 0.463. The van der Waals surface area contributed by atoms with Crippen LogP contribution in [0.4, 0.5) is 10.1 Å². The van der Waals surface area contributed by atoms with E-state index in [0.29, 0.717) is 10.0 Å². The predicted octanol–water partition coefficient (Wildman–Crippen LogP) is 3.68. The van der Waals surface area contributed by atoms with Crippen molar-refractivity contribution in [1.82, 2.24) is 0 Å². The maximum absolute atomic E-state index is 13.4. The van der Waals surface area contributed by atoms with Crippen LogP contribution in [0.5, 0.6) is 0 Å². The summed E-state index contributed by atoms with van der Waals surface area (Å²) in [6.45, 7) is 7.23. The van der Waals surface area contributed by atoms with E-state index in [-0.39, 0.29) is 16.9 Å². The molecule has 102 valence electrons. The normalized spacial score (nSPS) is 12.6. The predicted molar refractivity (Wildman–Crippen MR) is 75.7 cm³/mol. The highest BCUT2D eigenvalue weighted by Crippen LogP contribution is 2.26. The Hall–Kier alpha value is -0.620. The fraction of sp³-hybridized carbons (Fsp3) is 0.500. The first-order chi connectivity index (χ1) is 8.00. The number of hydrogen-bond acceptors (Lipinski definition) is 2. The van der Waals surface area contributed by atoms with Gasteiger partial charge in [-0.15, -0.1) is 0 Å². The molecular weight excluding hydrogens is 321 g/mol. The molecule has 1 N–H and O–H groups in total. The van der Waals surface area contributed by atoms with Gasteiger partial charge in [0.05, 0.1) is 15.9 Å². The molecule has 1 aromatic rings. The Kier molecular flexibility index (Phi) is 4.43. The van der Waals surface area contributed by atoms with Gasteiger partial charge < -0.3 is 0 Å². The molecule has 1 rings (SSSR count). The van der Waals surface area contributed by atoms with Crippen LogP contribution in [0.3, 0.4) is 0 Å². The topological polar surface area (TPSA) is 46.2 Å². The van der Waals surface area contributed by atoms with E-state index < -0.39 is 15.8 Å². The first kappa shape index (κ1) is 15.4. The molecule has 6 heteroatoms. The summed E-state index contributed by atoms with van der Waals surface area (Å²) < 4.78 is 40.0. The Balaban J connectivity index is 3.02. The highest BCUT2D eigenvalue weighted by Gasteiger charge is 2.22. The van der Waals surface area contributed by atoms with Gasteiger partial charge in [-0.25, -0.2) is 12.8 Å². The van der Waals surface area contributed by atoms with Gasteiger partial charge in [0.2, 0.25) is 10.0 Å². The zero-order valence-electron chi connectivity index (χ0n) is 10.8. The van der Waals surface area contributed by atoms with Crippen LogP contribution in [0.25, 0.3) is 0 Å². The van der Waals surface area contributed by atoms with Crippen LogP contribution in [0.15, 0.2) is 16.6 Å². The molecule has 0 heterocycles. The van der Waals surface area contributed by atoms with Crippen LogP contribution >= 0.6 is 15.9 Å². The van der Waals surface area contributed by atoms with Gasteiger partial charge in [0, 0.05) is 0 Å². The SMILES string of the molecule is Cc1cc(Br)c(F)cc1NS(=O)(=O)CC(C)(C)C. The second-order valence-electron chi connectivity index (χ2n) is 5.50. The minimum absolute atomic E-state index is 0.0167. The monoisotopic (exact) mass is 337 g/mol. The lowest BCUT2D eigenvalue weighted by Crippen LogP contribution is -2.26. The Labute approximate surface area is 116 Å². The molecule has 0 radical (unpaired) electrons. The standard InChI is InChI=1S/C12H17BrFNO2S/c1-8-5-9(13)10(14)6-11(8)15-18(16,17)7-12(2,3)4/h5-6,15H,7H2,1-4H3. The summed E-state index contributed by atoms with van der Waals surface area (Å²) in [6.07, 6.45) is 0. The van der Waals surface area contributed by atoms with Crippen molar-refractivity contribution in [2.45, 2.75) is 27.7 Å². The third-order valence-electron chi connectivity index (χ3n) is 2.16. The van der Waals surface area contributed by atoms with Gasteiger partial charge in [0.25, 0.3) is 0 Å². The van der Waals surface area contributed by atoms with Gasteiger partial charge in [-0.3, -0.25) is 4.72 Å². The van der Waals surface area contributed by atoms with Crippen molar-refractivity contribution < 1.29 is 12.8 Å². The van der Waals surface area contributed by atoms with Crippen LogP contribution in [0.2, 0.25) is 0 Å². The molecule has 0 saturated carbocycles. The maximum Gasteiger partial charge on any atom is 0.233 e. The Morgan fingerprint density at radius 1 is 1.33 bits per heavy atom. The number of rotatable bonds is 3. The first-order valence-electron chi connectivity index (χ1n) is 5.46. The number of anilines is 1. The number of benzene rings is 1. The molecule has 0 aliphatic rings. The van der Waals surface area contributed by atoms with Crippen LogP contribution < -0.4 is 4.72 Å². The van der Waals surface area contributed by atoms with Crippen LogP contribution in [-0.4, -0.2) is 14.2 Å².